The van der Waals surface area contributed by atoms with Crippen molar-refractivity contribution >= 4 is 17.9 Å². The van der Waals surface area contributed by atoms with Crippen LogP contribution in [-0.4, -0.2) is 49.1 Å². The summed E-state index contributed by atoms with van der Waals surface area (Å²) in [6.45, 7) is 3.81. The van der Waals surface area contributed by atoms with Crippen molar-refractivity contribution in [2.24, 2.45) is 0 Å². The van der Waals surface area contributed by atoms with Crippen LogP contribution in [0.1, 0.15) is 57.4 Å². The summed E-state index contributed by atoms with van der Waals surface area (Å²) in [4.78, 5) is 26.6. The summed E-state index contributed by atoms with van der Waals surface area (Å²) in [5.74, 6) is 0.575. The van der Waals surface area contributed by atoms with E-state index >= 15 is 0 Å². The van der Waals surface area contributed by atoms with E-state index in [9.17, 15) is 14.9 Å². The number of carbonyl (C=O) groups is 2. The van der Waals surface area contributed by atoms with Crippen molar-refractivity contribution in [2.75, 3.05) is 26.3 Å². The Morgan fingerprint density at radius 1 is 1.13 bits per heavy atom. The van der Waals surface area contributed by atoms with Gasteiger partial charge in [-0.1, -0.05) is 25.3 Å². The van der Waals surface area contributed by atoms with Gasteiger partial charge in [0.1, 0.15) is 11.6 Å². The van der Waals surface area contributed by atoms with E-state index in [1.165, 1.54) is 6.42 Å². The SMILES string of the molecule is CCOc1cc(/C=C(\C#N)C(=O)NC2CCCCC2)ccc1OCC(=O)N1CCCC1. The van der Waals surface area contributed by atoms with Gasteiger partial charge < -0.3 is 19.7 Å². The number of amides is 2. The first-order valence-electron chi connectivity index (χ1n) is 11.2. The molecule has 1 N–H and O–H groups in total. The number of hydrogen-bond donors (Lipinski definition) is 1. The number of nitrogens with one attached hydrogen (secondary N) is 1. The topological polar surface area (TPSA) is 91.7 Å². The third-order valence-electron chi connectivity index (χ3n) is 5.69. The highest BCUT2D eigenvalue weighted by molar-refractivity contribution is 6.01. The Morgan fingerprint density at radius 2 is 1.87 bits per heavy atom. The molecule has 1 aliphatic heterocycles. The quantitative estimate of drug-likeness (QED) is 0.509. The van der Waals surface area contributed by atoms with Crippen LogP contribution in [0.25, 0.3) is 6.08 Å². The van der Waals surface area contributed by atoms with Crippen molar-refractivity contribution < 1.29 is 19.1 Å². The molecule has 2 amide bonds. The van der Waals surface area contributed by atoms with Crippen LogP contribution >= 0.6 is 0 Å². The highest BCUT2D eigenvalue weighted by Crippen LogP contribution is 2.29. The predicted octanol–water partition coefficient (Wildman–Crippen LogP) is 3.44. The first kappa shape index (κ1) is 22.7. The average Bonchev–Trinajstić information content (AvgIpc) is 3.32. The molecule has 1 aliphatic carbocycles. The zero-order valence-corrected chi connectivity index (χ0v) is 18.2. The Bertz CT molecular complexity index is 847. The van der Waals surface area contributed by atoms with Gasteiger partial charge in [0.05, 0.1) is 6.61 Å². The highest BCUT2D eigenvalue weighted by Gasteiger charge is 2.20. The molecule has 0 aromatic heterocycles. The predicted molar refractivity (Wildman–Crippen MR) is 118 cm³/mol. The van der Waals surface area contributed by atoms with E-state index in [2.05, 4.69) is 5.32 Å². The molecule has 166 valence electrons. The third-order valence-corrected chi connectivity index (χ3v) is 5.69. The fraction of sp³-hybridized carbons (Fsp3) is 0.542. The van der Waals surface area contributed by atoms with Gasteiger partial charge in [-0.2, -0.15) is 5.26 Å². The Morgan fingerprint density at radius 3 is 2.55 bits per heavy atom. The minimum Gasteiger partial charge on any atom is -0.490 e. The summed E-state index contributed by atoms with van der Waals surface area (Å²) >= 11 is 0. The lowest BCUT2D eigenvalue weighted by Crippen LogP contribution is -2.36. The van der Waals surface area contributed by atoms with Gasteiger partial charge in [0.25, 0.3) is 11.8 Å². The van der Waals surface area contributed by atoms with Crippen molar-refractivity contribution in [3.63, 3.8) is 0 Å². The molecule has 1 saturated heterocycles. The Kier molecular flexibility index (Phi) is 8.34. The molecule has 1 aromatic rings. The molecule has 2 aliphatic rings. The van der Waals surface area contributed by atoms with Crippen LogP contribution in [0, 0.1) is 11.3 Å². The zero-order chi connectivity index (χ0) is 22.1. The monoisotopic (exact) mass is 425 g/mol. The maximum atomic E-state index is 12.5. The van der Waals surface area contributed by atoms with E-state index in [4.69, 9.17) is 9.47 Å². The van der Waals surface area contributed by atoms with E-state index < -0.39 is 0 Å². The normalized spacial score (nSPS) is 17.2. The summed E-state index contributed by atoms with van der Waals surface area (Å²) < 4.78 is 11.4. The van der Waals surface area contributed by atoms with Crippen molar-refractivity contribution in [3.8, 4) is 17.6 Å². The maximum absolute atomic E-state index is 12.5. The van der Waals surface area contributed by atoms with Crippen molar-refractivity contribution in [1.82, 2.24) is 10.2 Å². The highest BCUT2D eigenvalue weighted by atomic mass is 16.5. The van der Waals surface area contributed by atoms with E-state index in [-0.39, 0.29) is 30.0 Å². The standard InChI is InChI=1S/C24H31N3O4/c1-2-30-22-15-18(10-11-21(22)31-17-23(28)27-12-6-7-13-27)14-19(16-25)24(29)26-20-8-4-3-5-9-20/h10-11,14-15,20H,2-9,12-13,17H2,1H3,(H,26,29)/b19-14+. The van der Waals surface area contributed by atoms with Gasteiger partial charge in [-0.15, -0.1) is 0 Å². The van der Waals surface area contributed by atoms with Gasteiger partial charge in [-0.3, -0.25) is 9.59 Å². The molecule has 1 saturated carbocycles. The second-order valence-corrected chi connectivity index (χ2v) is 7.99. The number of likely N-dealkylation sites (tertiary alicyclic amines) is 1. The van der Waals surface area contributed by atoms with Gasteiger partial charge in [0.15, 0.2) is 18.1 Å². The summed E-state index contributed by atoms with van der Waals surface area (Å²) in [5, 5.41) is 12.5. The number of rotatable bonds is 8. The number of benzene rings is 1. The molecule has 2 fully saturated rings. The first-order chi connectivity index (χ1) is 15.1. The zero-order valence-electron chi connectivity index (χ0n) is 18.2. The maximum Gasteiger partial charge on any atom is 0.262 e. The minimum atomic E-state index is -0.344. The smallest absolute Gasteiger partial charge is 0.262 e. The van der Waals surface area contributed by atoms with E-state index in [1.807, 2.05) is 17.9 Å². The van der Waals surface area contributed by atoms with E-state index in [0.717, 1.165) is 51.6 Å². The number of nitrogens with zero attached hydrogens (tertiary/aromatic N) is 2. The summed E-state index contributed by atoms with van der Waals surface area (Å²) in [7, 11) is 0. The van der Waals surface area contributed by atoms with Gasteiger partial charge in [0.2, 0.25) is 0 Å². The van der Waals surface area contributed by atoms with Crippen LogP contribution in [-0.2, 0) is 9.59 Å². The largest absolute Gasteiger partial charge is 0.490 e. The molecule has 31 heavy (non-hydrogen) atoms. The number of nitriles is 1. The number of ether oxygens (including phenoxy) is 2. The molecule has 0 spiro atoms. The lowest BCUT2D eigenvalue weighted by atomic mass is 9.95. The van der Waals surface area contributed by atoms with Crippen LogP contribution in [0.2, 0.25) is 0 Å². The number of hydrogen-bond acceptors (Lipinski definition) is 5. The Hall–Kier alpha value is -3.01. The molecule has 7 heteroatoms. The molecule has 7 nitrogen and oxygen atoms in total. The average molecular weight is 426 g/mol. The molecule has 1 aromatic carbocycles. The second-order valence-electron chi connectivity index (χ2n) is 7.99. The van der Waals surface area contributed by atoms with Crippen molar-refractivity contribution in [2.45, 2.75) is 57.9 Å². The molecule has 1 heterocycles. The van der Waals surface area contributed by atoms with E-state index in [0.29, 0.717) is 23.7 Å². The fourth-order valence-electron chi connectivity index (χ4n) is 4.02. The molecule has 3 rings (SSSR count). The third kappa shape index (κ3) is 6.48. The lowest BCUT2D eigenvalue weighted by Gasteiger charge is -2.22. The van der Waals surface area contributed by atoms with Crippen LogP contribution < -0.4 is 14.8 Å². The summed E-state index contributed by atoms with van der Waals surface area (Å²) in [6, 6.07) is 7.33. The first-order valence-corrected chi connectivity index (χ1v) is 11.2. The molecule has 0 bridgehead atoms. The van der Waals surface area contributed by atoms with Crippen LogP contribution in [0.3, 0.4) is 0 Å². The molecule has 0 atom stereocenters. The van der Waals surface area contributed by atoms with Gasteiger partial charge in [-0.25, -0.2) is 0 Å². The Labute approximate surface area is 184 Å². The van der Waals surface area contributed by atoms with Crippen molar-refractivity contribution in [3.05, 3.63) is 29.3 Å². The lowest BCUT2D eigenvalue weighted by molar-refractivity contribution is -0.132. The molecular formula is C24H31N3O4. The Balaban J connectivity index is 1.68. The fourth-order valence-corrected chi connectivity index (χ4v) is 4.02. The van der Waals surface area contributed by atoms with Crippen LogP contribution in [0.4, 0.5) is 0 Å². The van der Waals surface area contributed by atoms with E-state index in [1.54, 1.807) is 24.3 Å². The van der Waals surface area contributed by atoms with Crippen molar-refractivity contribution in [1.29, 1.82) is 5.26 Å². The van der Waals surface area contributed by atoms with Crippen LogP contribution in [0.5, 0.6) is 11.5 Å². The van der Waals surface area contributed by atoms with Gasteiger partial charge >= 0.3 is 0 Å². The molecule has 0 unspecified atom stereocenters. The second kappa shape index (κ2) is 11.4. The number of carbonyl (C=O) groups excluding carboxylic acids is 2. The summed E-state index contributed by atoms with van der Waals surface area (Å²) in [6.07, 6.45) is 8.96. The molecule has 0 radical (unpaired) electrons. The van der Waals surface area contributed by atoms with Gasteiger partial charge in [0, 0.05) is 19.1 Å². The minimum absolute atomic E-state index is 0.0323. The molecular weight excluding hydrogens is 394 g/mol. The summed E-state index contributed by atoms with van der Waals surface area (Å²) in [5.41, 5.74) is 0.725. The van der Waals surface area contributed by atoms with Gasteiger partial charge in [-0.05, 0) is 56.4 Å². The van der Waals surface area contributed by atoms with Crippen LogP contribution in [0.15, 0.2) is 23.8 Å².